The molecule has 1 saturated carbocycles. The highest BCUT2D eigenvalue weighted by atomic mass is 19.4. The number of nitrogens with zero attached hydrogens (tertiary/aromatic N) is 2. The number of nitrogens with one attached hydrogen (secondary N) is 2. The fraction of sp³-hybridized carbons (Fsp3) is 0.353. The van der Waals surface area contributed by atoms with Crippen LogP contribution in [0.4, 0.5) is 26.3 Å². The van der Waals surface area contributed by atoms with Gasteiger partial charge in [-0.05, 0) is 50.2 Å². The Morgan fingerprint density at radius 3 is 2.03 bits per heavy atom. The molecule has 0 aliphatic heterocycles. The molecule has 0 atom stereocenters. The van der Waals surface area contributed by atoms with Gasteiger partial charge in [0.1, 0.15) is 0 Å². The molecule has 1 aromatic rings. The molecule has 0 saturated heterocycles. The molecule has 0 unspecified atom stereocenters. The van der Waals surface area contributed by atoms with E-state index in [1.54, 1.807) is 0 Å². The zero-order chi connectivity index (χ0) is 22.0. The van der Waals surface area contributed by atoms with Crippen molar-refractivity contribution in [2.45, 2.75) is 37.7 Å². The van der Waals surface area contributed by atoms with Gasteiger partial charge in [0.05, 0.1) is 16.7 Å². The molecule has 1 aromatic carbocycles. The standard InChI is InChI=1S/C17H16F6N4O2/c1-9(13(28)27-29)8-25-14(24-2)26-15(3-4-15)10-5-11(16(18,19)20)7-12(6-10)17(21,22)23/h5-8,29H,2-4H2,1H3,(H,25,26)(H,27,28)/b9-8+. The molecule has 1 aliphatic carbocycles. The lowest BCUT2D eigenvalue weighted by molar-refractivity contribution is -0.143. The molecule has 29 heavy (non-hydrogen) atoms. The van der Waals surface area contributed by atoms with Crippen molar-refractivity contribution in [2.75, 3.05) is 0 Å². The molecule has 1 amide bonds. The lowest BCUT2D eigenvalue weighted by Gasteiger charge is -2.18. The predicted molar refractivity (Wildman–Crippen MR) is 91.2 cm³/mol. The van der Waals surface area contributed by atoms with E-state index < -0.39 is 34.9 Å². The van der Waals surface area contributed by atoms with Crippen molar-refractivity contribution in [3.05, 3.63) is 46.7 Å². The van der Waals surface area contributed by atoms with Crippen molar-refractivity contribution >= 4 is 18.6 Å². The Labute approximate surface area is 161 Å². The molecule has 3 N–H and O–H groups in total. The minimum Gasteiger partial charge on any atom is -0.331 e. The number of carbonyl (C=O) groups excluding carboxylic acids is 1. The topological polar surface area (TPSA) is 86.1 Å². The van der Waals surface area contributed by atoms with Gasteiger partial charge < -0.3 is 5.32 Å². The number of guanidine groups is 1. The van der Waals surface area contributed by atoms with Gasteiger partial charge >= 0.3 is 12.4 Å². The average Bonchev–Trinajstić information content (AvgIpc) is 3.43. The van der Waals surface area contributed by atoms with Gasteiger partial charge in [0.2, 0.25) is 5.96 Å². The Bertz CT molecular complexity index is 837. The molecule has 0 aromatic heterocycles. The van der Waals surface area contributed by atoms with Gasteiger partial charge in [0, 0.05) is 11.8 Å². The lowest BCUT2D eigenvalue weighted by Crippen LogP contribution is -2.24. The Kier molecular flexibility index (Phi) is 6.07. The van der Waals surface area contributed by atoms with Gasteiger partial charge in [0.15, 0.2) is 0 Å². The summed E-state index contributed by atoms with van der Waals surface area (Å²) >= 11 is 0. The van der Waals surface area contributed by atoms with Gasteiger partial charge in [0.25, 0.3) is 5.91 Å². The highest BCUT2D eigenvalue weighted by Crippen LogP contribution is 2.51. The maximum absolute atomic E-state index is 13.1. The van der Waals surface area contributed by atoms with E-state index in [-0.39, 0.29) is 36.0 Å². The summed E-state index contributed by atoms with van der Waals surface area (Å²) in [5.41, 5.74) is -3.05. The second-order valence-corrected chi connectivity index (χ2v) is 6.33. The van der Waals surface area contributed by atoms with E-state index in [0.29, 0.717) is 12.1 Å². The number of carbonyl (C=O) groups is 1. The summed E-state index contributed by atoms with van der Waals surface area (Å²) in [6.07, 6.45) is -8.43. The van der Waals surface area contributed by atoms with Crippen molar-refractivity contribution in [3.63, 3.8) is 0 Å². The number of amides is 1. The third kappa shape index (κ3) is 5.34. The number of aliphatic imine (C=N–C) groups is 2. The molecule has 2 rings (SSSR count). The van der Waals surface area contributed by atoms with E-state index in [1.807, 2.05) is 0 Å². The maximum Gasteiger partial charge on any atom is 0.416 e. The van der Waals surface area contributed by atoms with Crippen LogP contribution in [-0.4, -0.2) is 23.8 Å². The summed E-state index contributed by atoms with van der Waals surface area (Å²) in [7, 11) is 0. The first kappa shape index (κ1) is 22.4. The quantitative estimate of drug-likeness (QED) is 0.172. The van der Waals surface area contributed by atoms with Gasteiger partial charge in [-0.1, -0.05) is 0 Å². The summed E-state index contributed by atoms with van der Waals surface area (Å²) < 4.78 is 78.5. The first-order chi connectivity index (χ1) is 13.3. The fourth-order valence-corrected chi connectivity index (χ4v) is 2.45. The lowest BCUT2D eigenvalue weighted by atomic mass is 9.98. The van der Waals surface area contributed by atoms with Crippen LogP contribution in [0.1, 0.15) is 36.5 Å². The first-order valence-electron chi connectivity index (χ1n) is 8.07. The third-order valence-corrected chi connectivity index (χ3v) is 4.20. The summed E-state index contributed by atoms with van der Waals surface area (Å²) in [5, 5.41) is 11.0. The predicted octanol–water partition coefficient (Wildman–Crippen LogP) is 3.77. The fourth-order valence-electron chi connectivity index (χ4n) is 2.45. The normalized spacial score (nSPS) is 17.0. The van der Waals surface area contributed by atoms with Crippen LogP contribution in [0.25, 0.3) is 0 Å². The number of benzene rings is 1. The molecule has 6 nitrogen and oxygen atoms in total. The molecule has 1 aliphatic rings. The zero-order valence-corrected chi connectivity index (χ0v) is 14.9. The summed E-state index contributed by atoms with van der Waals surface area (Å²) in [6, 6.07) is 1.31. The number of hydroxylamine groups is 1. The molecule has 0 bridgehead atoms. The summed E-state index contributed by atoms with van der Waals surface area (Å²) in [6.45, 7) is 4.57. The van der Waals surface area contributed by atoms with Crippen LogP contribution in [0.15, 0.2) is 40.0 Å². The number of hydrogen-bond acceptors (Lipinski definition) is 3. The number of rotatable bonds is 4. The van der Waals surface area contributed by atoms with Crippen molar-refractivity contribution in [3.8, 4) is 0 Å². The van der Waals surface area contributed by atoms with Crippen LogP contribution in [0.3, 0.4) is 0 Å². The molecule has 12 heteroatoms. The van der Waals surface area contributed by atoms with E-state index >= 15 is 0 Å². The third-order valence-electron chi connectivity index (χ3n) is 4.20. The van der Waals surface area contributed by atoms with Crippen molar-refractivity contribution < 1.29 is 36.3 Å². The van der Waals surface area contributed by atoms with Crippen LogP contribution >= 0.6 is 0 Å². The molecule has 0 radical (unpaired) electrons. The molecular formula is C17H16F6N4O2. The van der Waals surface area contributed by atoms with E-state index in [9.17, 15) is 31.1 Å². The minimum absolute atomic E-state index is 0.00660. The number of halogens is 6. The second-order valence-electron chi connectivity index (χ2n) is 6.33. The summed E-state index contributed by atoms with van der Waals surface area (Å²) in [5.74, 6) is -1.05. The maximum atomic E-state index is 13.1. The van der Waals surface area contributed by atoms with Crippen molar-refractivity contribution in [1.29, 1.82) is 0 Å². The van der Waals surface area contributed by atoms with Gasteiger partial charge in [-0.25, -0.2) is 15.5 Å². The second kappa shape index (κ2) is 7.85. The largest absolute Gasteiger partial charge is 0.416 e. The molecule has 158 valence electrons. The molecule has 0 spiro atoms. The SMILES string of the molecule is C=NC(=NC1(c2cc(C(F)(F)F)cc(C(F)(F)F)c2)CC1)N/C=C(\C)C(=O)NO. The van der Waals surface area contributed by atoms with Crippen LogP contribution < -0.4 is 10.8 Å². The Morgan fingerprint density at radius 1 is 1.14 bits per heavy atom. The van der Waals surface area contributed by atoms with Crippen LogP contribution in [-0.2, 0) is 22.7 Å². The van der Waals surface area contributed by atoms with Crippen molar-refractivity contribution in [1.82, 2.24) is 10.8 Å². The summed E-state index contributed by atoms with van der Waals surface area (Å²) in [4.78, 5) is 18.9. The average molecular weight is 422 g/mol. The Balaban J connectivity index is 2.46. The number of hydrogen-bond donors (Lipinski definition) is 3. The van der Waals surface area contributed by atoms with Gasteiger partial charge in [-0.2, -0.15) is 26.3 Å². The van der Waals surface area contributed by atoms with Gasteiger partial charge in [-0.3, -0.25) is 10.0 Å². The number of alkyl halides is 6. The highest BCUT2D eigenvalue weighted by Gasteiger charge is 2.47. The van der Waals surface area contributed by atoms with Gasteiger partial charge in [-0.15, -0.1) is 0 Å². The highest BCUT2D eigenvalue weighted by molar-refractivity contribution is 5.93. The smallest absolute Gasteiger partial charge is 0.331 e. The Hall–Kier alpha value is -2.89. The van der Waals surface area contributed by atoms with E-state index in [2.05, 4.69) is 22.0 Å². The van der Waals surface area contributed by atoms with E-state index in [1.165, 1.54) is 12.4 Å². The first-order valence-corrected chi connectivity index (χ1v) is 8.07. The molecular weight excluding hydrogens is 406 g/mol. The van der Waals surface area contributed by atoms with Crippen molar-refractivity contribution in [2.24, 2.45) is 9.98 Å². The van der Waals surface area contributed by atoms with Crippen LogP contribution in [0, 0.1) is 0 Å². The van der Waals surface area contributed by atoms with Crippen LogP contribution in [0.5, 0.6) is 0 Å². The van der Waals surface area contributed by atoms with E-state index in [0.717, 1.165) is 6.20 Å². The Morgan fingerprint density at radius 2 is 1.66 bits per heavy atom. The monoisotopic (exact) mass is 422 g/mol. The minimum atomic E-state index is -4.97. The van der Waals surface area contributed by atoms with E-state index in [4.69, 9.17) is 5.21 Å². The zero-order valence-electron chi connectivity index (χ0n) is 14.9. The molecule has 0 heterocycles. The van der Waals surface area contributed by atoms with Crippen LogP contribution in [0.2, 0.25) is 0 Å². The molecule has 1 fully saturated rings.